The molecule has 2 aromatic carbocycles. The summed E-state index contributed by atoms with van der Waals surface area (Å²) in [6.07, 6.45) is 5.16. The molecule has 0 saturated carbocycles. The second-order valence-electron chi connectivity index (χ2n) is 12.5. The third-order valence-electron chi connectivity index (χ3n) is 9.72. The van der Waals surface area contributed by atoms with E-state index in [4.69, 9.17) is 14.5 Å². The number of urea groups is 1. The van der Waals surface area contributed by atoms with E-state index < -0.39 is 0 Å². The van der Waals surface area contributed by atoms with E-state index in [-0.39, 0.29) is 18.0 Å². The highest BCUT2D eigenvalue weighted by Gasteiger charge is 2.33. The summed E-state index contributed by atoms with van der Waals surface area (Å²) in [6, 6.07) is 13.6. The van der Waals surface area contributed by atoms with Crippen LogP contribution in [0.2, 0.25) is 0 Å². The standard InChI is InChI=1S/C34H42N8O4/c1-39-15-17-40(18-16-39)24-9-13-41(14-10-24)32(43)23-7-8-27(30(21-23)45-2)36-33-35-22-28-31(38-33)26-5-3-4-6-29(26)42(34(44)37-28)25-11-19-46-20-12-25/h3-8,21-22,24-25H,9-20H2,1-2H3,(H,37,44)(H,35,36,38). The lowest BCUT2D eigenvalue weighted by molar-refractivity contribution is 0.0518. The third kappa shape index (κ3) is 6.12. The van der Waals surface area contributed by atoms with Gasteiger partial charge in [0.25, 0.3) is 5.91 Å². The van der Waals surface area contributed by atoms with Crippen molar-refractivity contribution in [3.05, 3.63) is 54.2 Å². The Labute approximate surface area is 269 Å². The minimum Gasteiger partial charge on any atom is -0.495 e. The summed E-state index contributed by atoms with van der Waals surface area (Å²) in [5.41, 5.74) is 4.06. The van der Waals surface area contributed by atoms with Crippen LogP contribution < -0.4 is 20.3 Å². The maximum atomic E-state index is 13.5. The predicted molar refractivity (Wildman–Crippen MR) is 177 cm³/mol. The molecule has 0 spiro atoms. The van der Waals surface area contributed by atoms with Crippen molar-refractivity contribution in [2.45, 2.75) is 37.8 Å². The Morgan fingerprint density at radius 1 is 0.978 bits per heavy atom. The van der Waals surface area contributed by atoms with Crippen LogP contribution in [0.3, 0.4) is 0 Å². The predicted octanol–water partition coefficient (Wildman–Crippen LogP) is 4.28. The van der Waals surface area contributed by atoms with Crippen LogP contribution in [0, 0.1) is 0 Å². The molecule has 3 amide bonds. The summed E-state index contributed by atoms with van der Waals surface area (Å²) in [6.45, 7) is 7.17. The molecule has 7 rings (SSSR count). The van der Waals surface area contributed by atoms with Gasteiger partial charge in [0.05, 0.1) is 30.4 Å². The molecular weight excluding hydrogens is 584 g/mol. The number of para-hydroxylation sites is 1. The molecule has 12 nitrogen and oxygen atoms in total. The largest absolute Gasteiger partial charge is 0.495 e. The van der Waals surface area contributed by atoms with Gasteiger partial charge in [0.2, 0.25) is 5.95 Å². The number of carbonyl (C=O) groups is 2. The van der Waals surface area contributed by atoms with Crippen molar-refractivity contribution in [3.8, 4) is 17.0 Å². The van der Waals surface area contributed by atoms with Gasteiger partial charge in [-0.1, -0.05) is 18.2 Å². The topological polar surface area (TPSA) is 115 Å². The fourth-order valence-corrected chi connectivity index (χ4v) is 7.07. The van der Waals surface area contributed by atoms with Crippen molar-refractivity contribution in [2.24, 2.45) is 0 Å². The van der Waals surface area contributed by atoms with Crippen molar-refractivity contribution in [3.63, 3.8) is 0 Å². The van der Waals surface area contributed by atoms with Gasteiger partial charge < -0.3 is 29.9 Å². The monoisotopic (exact) mass is 626 g/mol. The number of benzene rings is 2. The van der Waals surface area contributed by atoms with Gasteiger partial charge in [0.1, 0.15) is 11.4 Å². The number of carbonyl (C=O) groups excluding carboxylic acids is 2. The number of piperazine rings is 1. The second kappa shape index (κ2) is 13.2. The number of fused-ring (bicyclic) bond motifs is 3. The van der Waals surface area contributed by atoms with Crippen LogP contribution in [0.4, 0.5) is 27.8 Å². The third-order valence-corrected chi connectivity index (χ3v) is 9.72. The lowest BCUT2D eigenvalue weighted by Gasteiger charge is -2.42. The van der Waals surface area contributed by atoms with Gasteiger partial charge in [-0.3, -0.25) is 14.6 Å². The fourth-order valence-electron chi connectivity index (χ4n) is 7.07. The Kier molecular flexibility index (Phi) is 8.74. The lowest BCUT2D eigenvalue weighted by Crippen LogP contribution is -2.52. The molecule has 46 heavy (non-hydrogen) atoms. The van der Waals surface area contributed by atoms with E-state index in [0.717, 1.165) is 76.2 Å². The van der Waals surface area contributed by atoms with Crippen molar-refractivity contribution in [2.75, 3.05) is 82.2 Å². The second-order valence-corrected chi connectivity index (χ2v) is 12.5. The molecule has 3 saturated heterocycles. The molecular formula is C34H42N8O4. The summed E-state index contributed by atoms with van der Waals surface area (Å²) >= 11 is 0. The van der Waals surface area contributed by atoms with Gasteiger partial charge in [-0.2, -0.15) is 0 Å². The first-order chi connectivity index (χ1) is 22.5. The Hall–Kier alpha value is -4.26. The van der Waals surface area contributed by atoms with Crippen molar-refractivity contribution < 1.29 is 19.1 Å². The van der Waals surface area contributed by atoms with E-state index >= 15 is 0 Å². The SMILES string of the molecule is COc1cc(C(=O)N2CCC(N3CCN(C)CC3)CC2)ccc1Nc1ncc2c(n1)-c1ccccc1N(C1CCOCC1)C(=O)N2. The smallest absolute Gasteiger partial charge is 0.326 e. The van der Waals surface area contributed by atoms with Crippen LogP contribution in [0.15, 0.2) is 48.7 Å². The highest BCUT2D eigenvalue weighted by atomic mass is 16.5. The van der Waals surface area contributed by atoms with Crippen LogP contribution in [0.1, 0.15) is 36.0 Å². The Balaban J connectivity index is 1.07. The first-order valence-electron chi connectivity index (χ1n) is 16.3. The number of likely N-dealkylation sites (N-methyl/N-ethyl adjacent to an activating group) is 1. The molecule has 242 valence electrons. The van der Waals surface area contributed by atoms with Crippen LogP contribution in [0.25, 0.3) is 11.3 Å². The van der Waals surface area contributed by atoms with Crippen molar-refractivity contribution >= 4 is 34.9 Å². The molecule has 5 heterocycles. The summed E-state index contributed by atoms with van der Waals surface area (Å²) in [7, 11) is 3.76. The van der Waals surface area contributed by atoms with E-state index in [0.29, 0.717) is 53.6 Å². The van der Waals surface area contributed by atoms with Gasteiger partial charge in [-0.15, -0.1) is 0 Å². The number of rotatable bonds is 6. The summed E-state index contributed by atoms with van der Waals surface area (Å²) in [5, 5.41) is 6.30. The van der Waals surface area contributed by atoms with E-state index in [1.165, 1.54) is 0 Å². The maximum Gasteiger partial charge on any atom is 0.326 e. The van der Waals surface area contributed by atoms with Crippen LogP contribution in [0.5, 0.6) is 5.75 Å². The summed E-state index contributed by atoms with van der Waals surface area (Å²) in [4.78, 5) is 45.1. The average Bonchev–Trinajstić information content (AvgIpc) is 3.22. The molecule has 0 bridgehead atoms. The number of methoxy groups -OCH3 is 1. The number of anilines is 4. The first kappa shape index (κ1) is 30.4. The Bertz CT molecular complexity index is 1580. The number of likely N-dealkylation sites (tertiary alicyclic amines) is 1. The zero-order valence-corrected chi connectivity index (χ0v) is 26.6. The lowest BCUT2D eigenvalue weighted by atomic mass is 10.0. The number of aromatic nitrogens is 2. The number of hydrogen-bond acceptors (Lipinski definition) is 9. The molecule has 4 aliphatic rings. The van der Waals surface area contributed by atoms with Crippen LogP contribution >= 0.6 is 0 Å². The minimum absolute atomic E-state index is 0.0180. The van der Waals surface area contributed by atoms with E-state index in [9.17, 15) is 9.59 Å². The zero-order chi connectivity index (χ0) is 31.6. The summed E-state index contributed by atoms with van der Waals surface area (Å²) < 4.78 is 11.3. The van der Waals surface area contributed by atoms with Crippen molar-refractivity contribution in [1.82, 2.24) is 24.7 Å². The van der Waals surface area contributed by atoms with E-state index in [1.807, 2.05) is 46.2 Å². The van der Waals surface area contributed by atoms with Gasteiger partial charge >= 0.3 is 6.03 Å². The molecule has 3 aromatic rings. The van der Waals surface area contributed by atoms with Crippen molar-refractivity contribution in [1.29, 1.82) is 0 Å². The molecule has 12 heteroatoms. The summed E-state index contributed by atoms with van der Waals surface area (Å²) in [5.74, 6) is 0.895. The molecule has 0 radical (unpaired) electrons. The normalized spacial score (nSPS) is 20.0. The molecule has 3 fully saturated rings. The minimum atomic E-state index is -0.201. The number of amides is 3. The first-order valence-corrected chi connectivity index (χ1v) is 16.3. The zero-order valence-electron chi connectivity index (χ0n) is 26.6. The Morgan fingerprint density at radius 3 is 2.50 bits per heavy atom. The number of nitrogens with zero attached hydrogens (tertiary/aromatic N) is 6. The maximum absolute atomic E-state index is 13.5. The average molecular weight is 627 g/mol. The van der Waals surface area contributed by atoms with Crippen LogP contribution in [-0.4, -0.2) is 115 Å². The number of nitrogens with one attached hydrogen (secondary N) is 2. The highest BCUT2D eigenvalue weighted by molar-refractivity contribution is 6.09. The molecule has 4 aliphatic heterocycles. The van der Waals surface area contributed by atoms with E-state index in [1.54, 1.807) is 19.4 Å². The number of piperidine rings is 1. The number of hydrogen-bond donors (Lipinski definition) is 2. The molecule has 2 N–H and O–H groups in total. The van der Waals surface area contributed by atoms with Gasteiger partial charge in [-0.25, -0.2) is 14.8 Å². The molecule has 0 unspecified atom stereocenters. The number of ether oxygens (including phenoxy) is 2. The molecule has 0 aliphatic carbocycles. The Morgan fingerprint density at radius 2 is 1.74 bits per heavy atom. The van der Waals surface area contributed by atoms with E-state index in [2.05, 4.69) is 32.5 Å². The van der Waals surface area contributed by atoms with Gasteiger partial charge in [0, 0.05) is 75.7 Å². The van der Waals surface area contributed by atoms with Crippen LogP contribution in [-0.2, 0) is 4.74 Å². The molecule has 0 atom stereocenters. The van der Waals surface area contributed by atoms with Gasteiger partial charge in [-0.05, 0) is 57.0 Å². The quantitative estimate of drug-likeness (QED) is 0.414. The highest BCUT2D eigenvalue weighted by Crippen LogP contribution is 2.40. The fraction of sp³-hybridized carbons (Fsp3) is 0.471. The van der Waals surface area contributed by atoms with Gasteiger partial charge in [0.15, 0.2) is 0 Å². The molecule has 1 aromatic heterocycles.